The molecule has 37 heavy (non-hydrogen) atoms. The van der Waals surface area contributed by atoms with Gasteiger partial charge in [0.2, 0.25) is 0 Å². The van der Waals surface area contributed by atoms with Crippen LogP contribution < -0.4 is 0 Å². The molecule has 196 valence electrons. The van der Waals surface area contributed by atoms with E-state index in [9.17, 15) is 14.7 Å². The second-order valence-electron chi connectivity index (χ2n) is 10.8. The predicted molar refractivity (Wildman–Crippen MR) is 135 cm³/mol. The molecule has 2 aromatic carbocycles. The number of hydrogen-bond acceptors (Lipinski definition) is 7. The number of methoxy groups -OCH3 is 1. The van der Waals surface area contributed by atoms with Crippen LogP contribution in [0.2, 0.25) is 0 Å². The molecule has 1 aliphatic carbocycles. The van der Waals surface area contributed by atoms with Gasteiger partial charge in [0.15, 0.2) is 11.7 Å². The molecule has 1 N–H and O–H groups in total. The lowest BCUT2D eigenvalue weighted by atomic mass is 9.49. The van der Waals surface area contributed by atoms with Gasteiger partial charge in [-0.2, -0.15) is 0 Å². The number of terminal acetylenes is 1. The van der Waals surface area contributed by atoms with Gasteiger partial charge in [-0.15, -0.1) is 6.42 Å². The number of aliphatic hydroxyl groups excluding tert-OH is 1. The lowest BCUT2D eigenvalue weighted by Gasteiger charge is -2.66. The predicted octanol–water partition coefficient (Wildman–Crippen LogP) is 4.02. The van der Waals surface area contributed by atoms with Gasteiger partial charge in [-0.3, -0.25) is 9.59 Å². The van der Waals surface area contributed by atoms with Crippen molar-refractivity contribution in [2.75, 3.05) is 7.11 Å². The second-order valence-corrected chi connectivity index (χ2v) is 10.8. The molecule has 1 heterocycles. The molecule has 4 rings (SSSR count). The Hall–Kier alpha value is -3.18. The van der Waals surface area contributed by atoms with E-state index in [4.69, 9.17) is 25.4 Å². The van der Waals surface area contributed by atoms with E-state index in [-0.39, 0.29) is 26.1 Å². The monoisotopic (exact) mass is 506 g/mol. The molecular formula is C30H34O7. The summed E-state index contributed by atoms with van der Waals surface area (Å²) >= 11 is 0. The van der Waals surface area contributed by atoms with E-state index in [0.717, 1.165) is 11.1 Å². The average Bonchev–Trinajstić information content (AvgIpc) is 3.04. The van der Waals surface area contributed by atoms with Crippen LogP contribution in [0.25, 0.3) is 0 Å². The molecule has 2 fully saturated rings. The largest absolute Gasteiger partial charge is 0.461 e. The van der Waals surface area contributed by atoms with Crippen molar-refractivity contribution in [2.24, 2.45) is 16.2 Å². The molecule has 2 aromatic rings. The van der Waals surface area contributed by atoms with Crippen LogP contribution in [-0.2, 0) is 41.8 Å². The SMILES string of the molecule is C#C[C@@]1(C(=O)OCc2ccccc2)[C@@H](O)C[C@]2(C(C)(C)C)O[C@H](OC)[C@]12CC(=O)OCc1ccccc1. The summed E-state index contributed by atoms with van der Waals surface area (Å²) in [6.45, 7) is 5.80. The zero-order valence-electron chi connectivity index (χ0n) is 21.7. The van der Waals surface area contributed by atoms with E-state index in [1.54, 1.807) is 0 Å². The van der Waals surface area contributed by atoms with Crippen LogP contribution >= 0.6 is 0 Å². The number of carbonyl (C=O) groups excluding carboxylic acids is 2. The van der Waals surface area contributed by atoms with Crippen molar-refractivity contribution in [3.8, 4) is 12.3 Å². The number of hydrogen-bond donors (Lipinski definition) is 1. The molecule has 0 bridgehead atoms. The van der Waals surface area contributed by atoms with Gasteiger partial charge in [0.05, 0.1) is 23.5 Å². The number of aliphatic hydroxyl groups is 1. The maximum Gasteiger partial charge on any atom is 0.328 e. The minimum atomic E-state index is -1.90. The molecule has 1 aliphatic heterocycles. The summed E-state index contributed by atoms with van der Waals surface area (Å²) in [5.74, 6) is 1.21. The van der Waals surface area contributed by atoms with E-state index in [0.29, 0.717) is 0 Å². The minimum Gasteiger partial charge on any atom is -0.461 e. The number of carbonyl (C=O) groups is 2. The number of ether oxygens (including phenoxy) is 4. The second kappa shape index (κ2) is 9.94. The lowest BCUT2D eigenvalue weighted by molar-refractivity contribution is -0.426. The Kier molecular flexibility index (Phi) is 7.22. The van der Waals surface area contributed by atoms with Crippen LogP contribution in [0.1, 0.15) is 44.7 Å². The molecular weight excluding hydrogens is 472 g/mol. The van der Waals surface area contributed by atoms with Crippen molar-refractivity contribution >= 4 is 11.9 Å². The molecule has 1 saturated heterocycles. The third-order valence-corrected chi connectivity index (χ3v) is 7.97. The molecule has 0 radical (unpaired) electrons. The van der Waals surface area contributed by atoms with E-state index in [1.165, 1.54) is 7.11 Å². The highest BCUT2D eigenvalue weighted by molar-refractivity contribution is 5.86. The van der Waals surface area contributed by atoms with Crippen molar-refractivity contribution in [2.45, 2.75) is 64.8 Å². The number of rotatable bonds is 8. The normalized spacial score (nSPS) is 30.5. The van der Waals surface area contributed by atoms with Crippen LogP contribution in [0.4, 0.5) is 0 Å². The topological polar surface area (TPSA) is 91.3 Å². The van der Waals surface area contributed by atoms with Crippen molar-refractivity contribution < 1.29 is 33.6 Å². The van der Waals surface area contributed by atoms with Crippen LogP contribution in [0, 0.1) is 28.6 Å². The first-order valence-electron chi connectivity index (χ1n) is 12.3. The summed E-state index contributed by atoms with van der Waals surface area (Å²) in [5.41, 5.74) is -3.52. The minimum absolute atomic E-state index is 0.0347. The lowest BCUT2D eigenvalue weighted by Crippen LogP contribution is -2.77. The number of benzene rings is 2. The van der Waals surface area contributed by atoms with Crippen molar-refractivity contribution in [1.82, 2.24) is 0 Å². The molecule has 7 heteroatoms. The zero-order valence-corrected chi connectivity index (χ0v) is 21.7. The molecule has 5 atom stereocenters. The first-order chi connectivity index (χ1) is 17.6. The van der Waals surface area contributed by atoms with E-state index in [2.05, 4.69) is 5.92 Å². The fourth-order valence-corrected chi connectivity index (χ4v) is 6.20. The Morgan fingerprint density at radius 2 is 1.57 bits per heavy atom. The Morgan fingerprint density at radius 1 is 1.03 bits per heavy atom. The van der Waals surface area contributed by atoms with Gasteiger partial charge in [-0.25, -0.2) is 0 Å². The van der Waals surface area contributed by atoms with Crippen molar-refractivity contribution in [3.05, 3.63) is 71.8 Å². The Bertz CT molecular complexity index is 1170. The Labute approximate surface area is 218 Å². The summed E-state index contributed by atoms with van der Waals surface area (Å²) in [5, 5.41) is 11.5. The van der Waals surface area contributed by atoms with Gasteiger partial charge in [-0.1, -0.05) is 87.4 Å². The van der Waals surface area contributed by atoms with Crippen molar-refractivity contribution in [3.63, 3.8) is 0 Å². The molecule has 2 aliphatic rings. The maximum absolute atomic E-state index is 13.9. The number of esters is 2. The Balaban J connectivity index is 1.73. The van der Waals surface area contributed by atoms with Crippen molar-refractivity contribution in [1.29, 1.82) is 0 Å². The van der Waals surface area contributed by atoms with E-state index < -0.39 is 46.2 Å². The van der Waals surface area contributed by atoms with E-state index >= 15 is 0 Å². The first-order valence-corrected chi connectivity index (χ1v) is 12.3. The highest BCUT2D eigenvalue weighted by atomic mass is 16.7. The summed E-state index contributed by atoms with van der Waals surface area (Å²) in [6.07, 6.45) is 3.46. The van der Waals surface area contributed by atoms with Gasteiger partial charge in [0.25, 0.3) is 0 Å². The van der Waals surface area contributed by atoms with Gasteiger partial charge < -0.3 is 24.1 Å². The summed E-state index contributed by atoms with van der Waals surface area (Å²) in [7, 11) is 1.43. The molecule has 1 saturated carbocycles. The van der Waals surface area contributed by atoms with Gasteiger partial charge in [0.1, 0.15) is 13.2 Å². The summed E-state index contributed by atoms with van der Waals surface area (Å²) in [4.78, 5) is 27.2. The average molecular weight is 507 g/mol. The summed E-state index contributed by atoms with van der Waals surface area (Å²) in [6, 6.07) is 18.4. The van der Waals surface area contributed by atoms with Crippen LogP contribution in [0.5, 0.6) is 0 Å². The zero-order chi connectivity index (χ0) is 26.9. The standard InChI is InChI=1S/C30H34O7/c1-6-28(25(33)36-20-22-15-11-8-12-16-22)23(31)17-30(27(2,3)4)29(28,26(34-5)37-30)18-24(32)35-19-21-13-9-7-10-14-21/h1,7-16,23,26,31H,17-20H2,2-5H3/t23-,26-,28-,29+,30+/m0/s1. The summed E-state index contributed by atoms with van der Waals surface area (Å²) < 4.78 is 23.3. The smallest absolute Gasteiger partial charge is 0.328 e. The maximum atomic E-state index is 13.9. The molecule has 0 spiro atoms. The van der Waals surface area contributed by atoms with E-state index in [1.807, 2.05) is 81.4 Å². The quantitative estimate of drug-likeness (QED) is 0.427. The third kappa shape index (κ3) is 4.04. The molecule has 0 aromatic heterocycles. The third-order valence-electron chi connectivity index (χ3n) is 7.97. The van der Waals surface area contributed by atoms with Gasteiger partial charge >= 0.3 is 11.9 Å². The Morgan fingerprint density at radius 3 is 2.05 bits per heavy atom. The molecule has 0 unspecified atom stereocenters. The fourth-order valence-electron chi connectivity index (χ4n) is 6.20. The number of fused-ring (bicyclic) bond motifs is 1. The first kappa shape index (κ1) is 26.9. The highest BCUT2D eigenvalue weighted by Crippen LogP contribution is 2.75. The fraction of sp³-hybridized carbons (Fsp3) is 0.467. The molecule has 7 nitrogen and oxygen atoms in total. The van der Waals surface area contributed by atoms with Gasteiger partial charge in [-0.05, 0) is 16.5 Å². The highest BCUT2D eigenvalue weighted by Gasteiger charge is 2.87. The molecule has 0 amide bonds. The van der Waals surface area contributed by atoms with Crippen LogP contribution in [0.15, 0.2) is 60.7 Å². The van der Waals surface area contributed by atoms with Gasteiger partial charge in [0, 0.05) is 13.5 Å². The van der Waals surface area contributed by atoms with Crippen LogP contribution in [-0.4, -0.2) is 42.1 Å². The van der Waals surface area contributed by atoms with Crippen LogP contribution in [0.3, 0.4) is 0 Å².